The Morgan fingerprint density at radius 3 is 2.59 bits per heavy atom. The number of nitrogens with one attached hydrogen (secondary N) is 1. The molecule has 0 aliphatic heterocycles. The third kappa shape index (κ3) is 5.09. The normalized spacial score (nSPS) is 11.1. The molecule has 0 aromatic heterocycles. The van der Waals surface area contributed by atoms with Gasteiger partial charge in [0.2, 0.25) is 0 Å². The number of hydrogen-bond acceptors (Lipinski definition) is 3. The topological polar surface area (TPSA) is 38.3 Å². The first kappa shape index (κ1) is 13.8. The first-order chi connectivity index (χ1) is 7.78. The van der Waals surface area contributed by atoms with Crippen LogP contribution in [0.3, 0.4) is 0 Å². The smallest absolute Gasteiger partial charge is 0.325 e. The van der Waals surface area contributed by atoms with E-state index >= 15 is 0 Å². The zero-order valence-electron chi connectivity index (χ0n) is 10.6. The van der Waals surface area contributed by atoms with Gasteiger partial charge in [-0.3, -0.25) is 4.79 Å². The van der Waals surface area contributed by atoms with Gasteiger partial charge in [0.05, 0.1) is 0 Å². The van der Waals surface area contributed by atoms with Crippen LogP contribution in [-0.2, 0) is 9.53 Å². The highest BCUT2D eigenvalue weighted by Gasteiger charge is 2.15. The third-order valence-corrected chi connectivity index (χ3v) is 2.44. The van der Waals surface area contributed by atoms with E-state index in [1.807, 2.05) is 39.8 Å². The molecule has 94 valence electrons. The van der Waals surface area contributed by atoms with Gasteiger partial charge in [0.1, 0.15) is 12.1 Å². The molecule has 0 heterocycles. The van der Waals surface area contributed by atoms with Gasteiger partial charge in [-0.05, 0) is 45.4 Å². The number of rotatable bonds is 3. The van der Waals surface area contributed by atoms with Crippen LogP contribution in [0.5, 0.6) is 0 Å². The van der Waals surface area contributed by atoms with E-state index in [0.717, 1.165) is 11.3 Å². The Hall–Kier alpha value is -1.22. The monoisotopic (exact) mass is 255 g/mol. The molecule has 1 rings (SSSR count). The Balaban J connectivity index is 2.50. The van der Waals surface area contributed by atoms with Gasteiger partial charge in [0.15, 0.2) is 0 Å². The molecular weight excluding hydrogens is 238 g/mol. The maximum atomic E-state index is 11.5. The average Bonchev–Trinajstić information content (AvgIpc) is 2.17. The maximum absolute atomic E-state index is 11.5. The van der Waals surface area contributed by atoms with Crippen molar-refractivity contribution >= 4 is 23.3 Å². The minimum absolute atomic E-state index is 0.136. The van der Waals surface area contributed by atoms with Crippen LogP contribution in [0, 0.1) is 6.92 Å². The largest absolute Gasteiger partial charge is 0.459 e. The van der Waals surface area contributed by atoms with E-state index in [0.29, 0.717) is 5.02 Å². The van der Waals surface area contributed by atoms with Crippen molar-refractivity contribution in [2.24, 2.45) is 0 Å². The van der Waals surface area contributed by atoms with Crippen molar-refractivity contribution in [2.45, 2.75) is 33.3 Å². The number of carbonyl (C=O) groups is 1. The Bertz CT molecular complexity index is 410. The molecule has 0 saturated heterocycles. The van der Waals surface area contributed by atoms with Crippen LogP contribution in [0.25, 0.3) is 0 Å². The minimum Gasteiger partial charge on any atom is -0.459 e. The number of anilines is 1. The van der Waals surface area contributed by atoms with E-state index in [9.17, 15) is 4.79 Å². The van der Waals surface area contributed by atoms with E-state index in [1.54, 1.807) is 6.07 Å². The molecule has 0 amide bonds. The molecule has 1 N–H and O–H groups in total. The molecule has 0 unspecified atom stereocenters. The van der Waals surface area contributed by atoms with Gasteiger partial charge in [-0.1, -0.05) is 17.7 Å². The lowest BCUT2D eigenvalue weighted by atomic mass is 10.2. The molecule has 0 bridgehead atoms. The Labute approximate surface area is 107 Å². The summed E-state index contributed by atoms with van der Waals surface area (Å²) in [4.78, 5) is 11.5. The highest BCUT2D eigenvalue weighted by molar-refractivity contribution is 6.31. The predicted octanol–water partition coefficient (Wildman–Crippen LogP) is 3.40. The lowest BCUT2D eigenvalue weighted by Gasteiger charge is -2.19. The summed E-state index contributed by atoms with van der Waals surface area (Å²) in [6.07, 6.45) is 0. The van der Waals surface area contributed by atoms with Crippen LogP contribution >= 0.6 is 11.6 Å². The Kier molecular flexibility index (Phi) is 4.40. The van der Waals surface area contributed by atoms with E-state index in [-0.39, 0.29) is 12.5 Å². The van der Waals surface area contributed by atoms with Gasteiger partial charge in [-0.15, -0.1) is 0 Å². The fourth-order valence-corrected chi connectivity index (χ4v) is 1.44. The van der Waals surface area contributed by atoms with E-state index < -0.39 is 5.60 Å². The zero-order valence-corrected chi connectivity index (χ0v) is 11.4. The summed E-state index contributed by atoms with van der Waals surface area (Å²) in [7, 11) is 0. The third-order valence-electron chi connectivity index (χ3n) is 2.03. The second-order valence-electron chi connectivity index (χ2n) is 4.90. The van der Waals surface area contributed by atoms with Crippen LogP contribution in [0.1, 0.15) is 26.3 Å². The molecule has 4 heteroatoms. The van der Waals surface area contributed by atoms with E-state index in [2.05, 4.69) is 5.32 Å². The molecule has 0 radical (unpaired) electrons. The zero-order chi connectivity index (χ0) is 13.1. The van der Waals surface area contributed by atoms with Gasteiger partial charge in [0, 0.05) is 10.7 Å². The highest BCUT2D eigenvalue weighted by atomic mass is 35.5. The molecular formula is C13H18ClNO2. The number of ether oxygens (including phenoxy) is 1. The fraction of sp³-hybridized carbons (Fsp3) is 0.462. The van der Waals surface area contributed by atoms with Gasteiger partial charge >= 0.3 is 5.97 Å². The van der Waals surface area contributed by atoms with Crippen molar-refractivity contribution < 1.29 is 9.53 Å². The van der Waals surface area contributed by atoms with Crippen molar-refractivity contribution in [3.63, 3.8) is 0 Å². The number of benzene rings is 1. The lowest BCUT2D eigenvalue weighted by Crippen LogP contribution is -2.28. The van der Waals surface area contributed by atoms with Crippen molar-refractivity contribution in [3.05, 3.63) is 28.8 Å². The second-order valence-corrected chi connectivity index (χ2v) is 5.31. The van der Waals surface area contributed by atoms with Crippen molar-refractivity contribution in [1.82, 2.24) is 0 Å². The molecule has 0 atom stereocenters. The summed E-state index contributed by atoms with van der Waals surface area (Å²) in [6.45, 7) is 7.59. The summed E-state index contributed by atoms with van der Waals surface area (Å²) >= 11 is 5.98. The Morgan fingerprint density at radius 2 is 2.06 bits per heavy atom. The molecule has 17 heavy (non-hydrogen) atoms. The second kappa shape index (κ2) is 5.41. The van der Waals surface area contributed by atoms with Gasteiger partial charge in [0.25, 0.3) is 0 Å². The van der Waals surface area contributed by atoms with Crippen molar-refractivity contribution in [1.29, 1.82) is 0 Å². The maximum Gasteiger partial charge on any atom is 0.325 e. The molecule has 1 aromatic carbocycles. The molecule has 0 aliphatic carbocycles. The van der Waals surface area contributed by atoms with Gasteiger partial charge < -0.3 is 10.1 Å². The molecule has 3 nitrogen and oxygen atoms in total. The van der Waals surface area contributed by atoms with E-state index in [1.165, 1.54) is 0 Å². The predicted molar refractivity (Wildman–Crippen MR) is 70.5 cm³/mol. The van der Waals surface area contributed by atoms with Gasteiger partial charge in [-0.25, -0.2) is 0 Å². The van der Waals surface area contributed by atoms with Crippen LogP contribution in [0.2, 0.25) is 5.02 Å². The number of carbonyl (C=O) groups excluding carboxylic acids is 1. The quantitative estimate of drug-likeness (QED) is 0.842. The Morgan fingerprint density at radius 1 is 1.41 bits per heavy atom. The first-order valence-corrected chi connectivity index (χ1v) is 5.87. The van der Waals surface area contributed by atoms with Crippen molar-refractivity contribution in [2.75, 3.05) is 11.9 Å². The van der Waals surface area contributed by atoms with Crippen LogP contribution < -0.4 is 5.32 Å². The summed E-state index contributed by atoms with van der Waals surface area (Å²) in [5.74, 6) is -0.283. The van der Waals surface area contributed by atoms with Crippen LogP contribution in [0.15, 0.2) is 18.2 Å². The molecule has 0 saturated carbocycles. The summed E-state index contributed by atoms with van der Waals surface area (Å²) < 4.78 is 5.18. The summed E-state index contributed by atoms with van der Waals surface area (Å²) in [6, 6.07) is 5.58. The standard InChI is InChI=1S/C13H18ClNO2/c1-9-5-6-10(7-11(9)14)15-8-12(16)17-13(2,3)4/h5-7,15H,8H2,1-4H3. The molecule has 0 aliphatic rings. The number of halogens is 1. The number of hydrogen-bond donors (Lipinski definition) is 1. The SMILES string of the molecule is Cc1ccc(NCC(=O)OC(C)(C)C)cc1Cl. The summed E-state index contributed by atoms with van der Waals surface area (Å²) in [5, 5.41) is 3.66. The molecule has 0 spiro atoms. The lowest BCUT2D eigenvalue weighted by molar-refractivity contribution is -0.152. The summed E-state index contributed by atoms with van der Waals surface area (Å²) in [5.41, 5.74) is 1.37. The minimum atomic E-state index is -0.455. The van der Waals surface area contributed by atoms with Crippen LogP contribution in [-0.4, -0.2) is 18.1 Å². The van der Waals surface area contributed by atoms with Gasteiger partial charge in [-0.2, -0.15) is 0 Å². The highest BCUT2D eigenvalue weighted by Crippen LogP contribution is 2.19. The molecule has 1 aromatic rings. The van der Waals surface area contributed by atoms with Crippen LogP contribution in [0.4, 0.5) is 5.69 Å². The first-order valence-electron chi connectivity index (χ1n) is 5.50. The number of aryl methyl sites for hydroxylation is 1. The average molecular weight is 256 g/mol. The number of esters is 1. The molecule has 0 fully saturated rings. The van der Waals surface area contributed by atoms with Crippen molar-refractivity contribution in [3.8, 4) is 0 Å². The van der Waals surface area contributed by atoms with E-state index in [4.69, 9.17) is 16.3 Å². The fourth-order valence-electron chi connectivity index (χ4n) is 1.25.